The van der Waals surface area contributed by atoms with E-state index in [-0.39, 0.29) is 47.0 Å². The minimum absolute atomic E-state index is 0.0889. The van der Waals surface area contributed by atoms with Crippen LogP contribution in [0.5, 0.6) is 5.75 Å². The van der Waals surface area contributed by atoms with Gasteiger partial charge in [-0.1, -0.05) is 6.92 Å². The summed E-state index contributed by atoms with van der Waals surface area (Å²) < 4.78 is 32.9. The molecule has 2 rings (SSSR count). The fourth-order valence-corrected chi connectivity index (χ4v) is 3.98. The molecule has 0 spiro atoms. The number of sulfonamides is 1. The van der Waals surface area contributed by atoms with Gasteiger partial charge >= 0.3 is 0 Å². The highest BCUT2D eigenvalue weighted by atomic mass is 32.2. The van der Waals surface area contributed by atoms with Crippen molar-refractivity contribution in [2.75, 3.05) is 12.0 Å². The Kier molecular flexibility index (Phi) is 5.61. The number of carbonyl (C=O) groups excluding carboxylic acids is 2. The highest BCUT2D eigenvalue weighted by Crippen LogP contribution is 2.31. The zero-order valence-electron chi connectivity index (χ0n) is 14.0. The number of benzene rings is 1. The molecule has 0 saturated carbocycles. The number of nitrogens with zero attached hydrogens (tertiary/aromatic N) is 1. The van der Waals surface area contributed by atoms with Gasteiger partial charge in [0, 0.05) is 18.9 Å². The van der Waals surface area contributed by atoms with Crippen LogP contribution in [0.15, 0.2) is 23.1 Å². The Balaban J connectivity index is 2.48. The number of methoxy groups -OCH3 is 1. The van der Waals surface area contributed by atoms with Gasteiger partial charge in [0.1, 0.15) is 10.6 Å². The van der Waals surface area contributed by atoms with Crippen molar-refractivity contribution in [1.82, 2.24) is 4.72 Å². The Bertz CT molecular complexity index is 729. The molecule has 0 bridgehead atoms. The summed E-state index contributed by atoms with van der Waals surface area (Å²) in [6, 6.07) is 4.03. The maximum atomic E-state index is 12.6. The quantitative estimate of drug-likeness (QED) is 0.787. The second kappa shape index (κ2) is 7.31. The monoisotopic (exact) mass is 354 g/mol. The molecule has 0 aromatic heterocycles. The lowest BCUT2D eigenvalue weighted by atomic mass is 10.1. The fraction of sp³-hybridized carbons (Fsp3) is 0.500. The van der Waals surface area contributed by atoms with Crippen molar-refractivity contribution in [2.24, 2.45) is 0 Å². The summed E-state index contributed by atoms with van der Waals surface area (Å²) in [5.41, 5.74) is 0.245. The number of ether oxygens (including phenoxy) is 1. The van der Waals surface area contributed by atoms with Crippen LogP contribution >= 0.6 is 0 Å². The van der Waals surface area contributed by atoms with E-state index in [1.165, 1.54) is 25.3 Å². The predicted octanol–water partition coefficient (Wildman–Crippen LogP) is 1.82. The maximum absolute atomic E-state index is 12.6. The predicted molar refractivity (Wildman–Crippen MR) is 89.4 cm³/mol. The van der Waals surface area contributed by atoms with Gasteiger partial charge in [-0.05, 0) is 38.0 Å². The third-order valence-electron chi connectivity index (χ3n) is 3.94. The second-order valence-electron chi connectivity index (χ2n) is 5.74. The van der Waals surface area contributed by atoms with Gasteiger partial charge in [0.15, 0.2) is 0 Å². The van der Waals surface area contributed by atoms with E-state index < -0.39 is 10.0 Å². The Morgan fingerprint density at radius 3 is 2.42 bits per heavy atom. The van der Waals surface area contributed by atoms with Crippen LogP contribution in [0, 0.1) is 0 Å². The first-order valence-corrected chi connectivity index (χ1v) is 9.34. The lowest BCUT2D eigenvalue weighted by molar-refractivity contribution is -0.129. The van der Waals surface area contributed by atoms with Crippen LogP contribution < -0.4 is 14.4 Å². The molecule has 132 valence electrons. The van der Waals surface area contributed by atoms with Gasteiger partial charge in [0.25, 0.3) is 0 Å². The molecule has 8 heteroatoms. The second-order valence-corrected chi connectivity index (χ2v) is 7.42. The summed E-state index contributed by atoms with van der Waals surface area (Å²) in [7, 11) is -2.47. The Labute approximate surface area is 142 Å². The van der Waals surface area contributed by atoms with Gasteiger partial charge in [0.05, 0.1) is 12.8 Å². The van der Waals surface area contributed by atoms with Crippen molar-refractivity contribution in [1.29, 1.82) is 0 Å². The number of nitrogens with one attached hydrogen (secondary N) is 1. The first-order chi connectivity index (χ1) is 11.3. The average Bonchev–Trinajstić information content (AvgIpc) is 2.54. The van der Waals surface area contributed by atoms with E-state index in [0.29, 0.717) is 12.8 Å². The molecule has 2 amide bonds. The number of anilines is 1. The molecule has 7 nitrogen and oxygen atoms in total. The molecule has 1 N–H and O–H groups in total. The van der Waals surface area contributed by atoms with Crippen LogP contribution in [0.1, 0.15) is 39.5 Å². The molecule has 0 aliphatic carbocycles. The zero-order valence-corrected chi connectivity index (χ0v) is 14.9. The van der Waals surface area contributed by atoms with Crippen molar-refractivity contribution in [3.8, 4) is 5.75 Å². The Morgan fingerprint density at radius 2 is 1.88 bits per heavy atom. The van der Waals surface area contributed by atoms with Gasteiger partial charge in [-0.25, -0.2) is 13.1 Å². The van der Waals surface area contributed by atoms with Crippen LogP contribution in [-0.2, 0) is 19.6 Å². The number of hydrogen-bond acceptors (Lipinski definition) is 5. The van der Waals surface area contributed by atoms with E-state index in [1.807, 2.05) is 6.92 Å². The summed E-state index contributed by atoms with van der Waals surface area (Å²) in [4.78, 5) is 25.1. The summed E-state index contributed by atoms with van der Waals surface area (Å²) in [5, 5.41) is 0. The van der Waals surface area contributed by atoms with E-state index in [1.54, 1.807) is 6.92 Å². The molecule has 24 heavy (non-hydrogen) atoms. The Hall–Kier alpha value is -1.93. The minimum atomic E-state index is -3.83. The summed E-state index contributed by atoms with van der Waals surface area (Å²) in [6.07, 6.45) is 1.69. The Morgan fingerprint density at radius 1 is 1.25 bits per heavy atom. The third-order valence-corrected chi connectivity index (χ3v) is 5.55. The van der Waals surface area contributed by atoms with Crippen molar-refractivity contribution >= 4 is 27.5 Å². The largest absolute Gasteiger partial charge is 0.495 e. The fourth-order valence-electron chi connectivity index (χ4n) is 2.47. The number of amides is 2. The molecule has 1 heterocycles. The van der Waals surface area contributed by atoms with Crippen molar-refractivity contribution in [2.45, 2.75) is 50.5 Å². The van der Waals surface area contributed by atoms with Crippen LogP contribution in [0.2, 0.25) is 0 Å². The molecule has 1 saturated heterocycles. The highest BCUT2D eigenvalue weighted by molar-refractivity contribution is 7.89. The SMILES string of the molecule is CCC(C)NS(=O)(=O)c1cc(N2C(=O)CCCC2=O)ccc1OC. The van der Waals surface area contributed by atoms with E-state index in [4.69, 9.17) is 4.74 Å². The van der Waals surface area contributed by atoms with Crippen LogP contribution in [-0.4, -0.2) is 33.4 Å². The molecule has 1 unspecified atom stereocenters. The lowest BCUT2D eigenvalue weighted by Crippen LogP contribution is -2.40. The highest BCUT2D eigenvalue weighted by Gasteiger charge is 2.30. The molecular formula is C16H22N2O5S. The van der Waals surface area contributed by atoms with Crippen molar-refractivity contribution < 1.29 is 22.7 Å². The third kappa shape index (κ3) is 3.76. The summed E-state index contributed by atoms with van der Waals surface area (Å²) in [6.45, 7) is 3.62. The molecular weight excluding hydrogens is 332 g/mol. The van der Waals surface area contributed by atoms with Gasteiger partial charge in [-0.15, -0.1) is 0 Å². The standard InChI is InChI=1S/C16H22N2O5S/c1-4-11(2)17-24(21,22)14-10-12(8-9-13(14)23-3)18-15(19)6-5-7-16(18)20/h8-11,17H,4-7H2,1-3H3. The van der Waals surface area contributed by atoms with Gasteiger partial charge in [0.2, 0.25) is 21.8 Å². The van der Waals surface area contributed by atoms with E-state index in [2.05, 4.69) is 4.72 Å². The molecule has 0 radical (unpaired) electrons. The van der Waals surface area contributed by atoms with Crippen LogP contribution in [0.4, 0.5) is 5.69 Å². The van der Waals surface area contributed by atoms with E-state index in [9.17, 15) is 18.0 Å². The molecule has 1 aromatic carbocycles. The smallest absolute Gasteiger partial charge is 0.244 e. The van der Waals surface area contributed by atoms with Crippen LogP contribution in [0.25, 0.3) is 0 Å². The number of imide groups is 1. The van der Waals surface area contributed by atoms with Crippen LogP contribution in [0.3, 0.4) is 0 Å². The minimum Gasteiger partial charge on any atom is -0.495 e. The maximum Gasteiger partial charge on any atom is 0.244 e. The first-order valence-electron chi connectivity index (χ1n) is 7.86. The number of hydrogen-bond donors (Lipinski definition) is 1. The van der Waals surface area contributed by atoms with Gasteiger partial charge in [-0.2, -0.15) is 0 Å². The summed E-state index contributed by atoms with van der Waals surface area (Å²) in [5.74, 6) is -0.490. The van der Waals surface area contributed by atoms with Gasteiger partial charge in [-0.3, -0.25) is 14.5 Å². The lowest BCUT2D eigenvalue weighted by Gasteiger charge is -2.25. The van der Waals surface area contributed by atoms with Gasteiger partial charge < -0.3 is 4.74 Å². The van der Waals surface area contributed by atoms with Crippen molar-refractivity contribution in [3.63, 3.8) is 0 Å². The molecule has 1 aliphatic heterocycles. The van der Waals surface area contributed by atoms with Crippen molar-refractivity contribution in [3.05, 3.63) is 18.2 Å². The molecule has 1 aliphatic rings. The number of piperidine rings is 1. The molecule has 1 atom stereocenters. The first kappa shape index (κ1) is 18.4. The zero-order chi connectivity index (χ0) is 17.9. The molecule has 1 aromatic rings. The number of carbonyl (C=O) groups is 2. The number of rotatable bonds is 6. The normalized spacial score (nSPS) is 17.0. The van der Waals surface area contributed by atoms with E-state index in [0.717, 1.165) is 4.90 Å². The molecule has 1 fully saturated rings. The van der Waals surface area contributed by atoms with E-state index >= 15 is 0 Å². The average molecular weight is 354 g/mol. The summed E-state index contributed by atoms with van der Waals surface area (Å²) >= 11 is 0. The topological polar surface area (TPSA) is 92.8 Å².